The molecule has 0 radical (unpaired) electrons. The highest BCUT2D eigenvalue weighted by atomic mass is 16.2. The number of amides is 1. The molecular weight excluding hydrogens is 222 g/mol. The molecule has 18 heavy (non-hydrogen) atoms. The number of aryl methyl sites for hydroxylation is 1. The van der Waals surface area contributed by atoms with Crippen molar-refractivity contribution in [2.24, 2.45) is 0 Å². The largest absolute Gasteiger partial charge is 0.335 e. The number of nitrogens with zero attached hydrogens (tertiary/aromatic N) is 1. The van der Waals surface area contributed by atoms with Crippen molar-refractivity contribution in [2.75, 3.05) is 13.1 Å². The molecule has 1 amide bonds. The Morgan fingerprint density at radius 2 is 1.94 bits per heavy atom. The molecule has 94 valence electrons. The first-order valence-corrected chi connectivity index (χ1v) is 6.72. The summed E-state index contributed by atoms with van der Waals surface area (Å²) in [6, 6.07) is 8.90. The molecule has 1 aliphatic carbocycles. The van der Waals surface area contributed by atoms with Crippen LogP contribution in [0.3, 0.4) is 0 Å². The highest BCUT2D eigenvalue weighted by molar-refractivity contribution is 5.89. The van der Waals surface area contributed by atoms with E-state index in [9.17, 15) is 4.79 Å². The molecule has 1 aromatic carbocycles. The summed E-state index contributed by atoms with van der Waals surface area (Å²) in [5.74, 6) is 0.176. The maximum absolute atomic E-state index is 11.5. The summed E-state index contributed by atoms with van der Waals surface area (Å²) in [7, 11) is 0. The van der Waals surface area contributed by atoms with Crippen LogP contribution in [-0.2, 0) is 10.2 Å². The third-order valence-corrected chi connectivity index (χ3v) is 4.28. The van der Waals surface area contributed by atoms with Crippen LogP contribution in [0.5, 0.6) is 0 Å². The lowest BCUT2D eigenvalue weighted by Gasteiger charge is -2.21. The lowest BCUT2D eigenvalue weighted by atomic mass is 9.91. The van der Waals surface area contributed by atoms with Gasteiger partial charge >= 0.3 is 0 Å². The van der Waals surface area contributed by atoms with Gasteiger partial charge in [0.1, 0.15) is 0 Å². The van der Waals surface area contributed by atoms with E-state index in [2.05, 4.69) is 31.2 Å². The highest BCUT2D eigenvalue weighted by Gasteiger charge is 2.44. The summed E-state index contributed by atoms with van der Waals surface area (Å²) in [6.07, 6.45) is 7.28. The molecule has 0 N–H and O–H groups in total. The molecule has 0 atom stereocenters. The van der Waals surface area contributed by atoms with Crippen LogP contribution in [0, 0.1) is 6.92 Å². The van der Waals surface area contributed by atoms with Gasteiger partial charge < -0.3 is 4.90 Å². The van der Waals surface area contributed by atoms with E-state index in [1.165, 1.54) is 24.0 Å². The van der Waals surface area contributed by atoms with Crippen molar-refractivity contribution in [3.63, 3.8) is 0 Å². The minimum absolute atomic E-state index is 0.176. The number of hydrogen-bond acceptors (Lipinski definition) is 1. The second kappa shape index (κ2) is 4.27. The van der Waals surface area contributed by atoms with Crippen LogP contribution in [0.4, 0.5) is 0 Å². The highest BCUT2D eigenvalue weighted by Crippen LogP contribution is 2.51. The van der Waals surface area contributed by atoms with Gasteiger partial charge in [-0.3, -0.25) is 4.79 Å². The predicted octanol–water partition coefficient (Wildman–Crippen LogP) is 2.82. The molecule has 2 aliphatic rings. The zero-order valence-corrected chi connectivity index (χ0v) is 10.9. The summed E-state index contributed by atoms with van der Waals surface area (Å²) >= 11 is 0. The fourth-order valence-electron chi connectivity index (χ4n) is 2.77. The Morgan fingerprint density at radius 3 is 2.50 bits per heavy atom. The minimum atomic E-state index is 0.176. The monoisotopic (exact) mass is 241 g/mol. The van der Waals surface area contributed by atoms with Crippen LogP contribution in [0.25, 0.3) is 0 Å². The van der Waals surface area contributed by atoms with Crippen LogP contribution in [0.2, 0.25) is 0 Å². The molecule has 0 aromatic heterocycles. The van der Waals surface area contributed by atoms with Crippen molar-refractivity contribution in [3.8, 4) is 0 Å². The summed E-state index contributed by atoms with van der Waals surface area (Å²) < 4.78 is 0. The number of benzene rings is 1. The Kier molecular flexibility index (Phi) is 2.73. The summed E-state index contributed by atoms with van der Waals surface area (Å²) in [5, 5.41) is 0. The van der Waals surface area contributed by atoms with E-state index >= 15 is 0 Å². The van der Waals surface area contributed by atoms with Crippen molar-refractivity contribution in [1.82, 2.24) is 4.90 Å². The summed E-state index contributed by atoms with van der Waals surface area (Å²) in [5.41, 5.74) is 3.12. The molecule has 3 rings (SSSR count). The molecule has 1 saturated carbocycles. The third-order valence-electron chi connectivity index (χ3n) is 4.28. The van der Waals surface area contributed by atoms with E-state index in [0.717, 1.165) is 19.5 Å². The number of rotatable bonds is 4. The molecule has 2 nitrogen and oxygen atoms in total. The van der Waals surface area contributed by atoms with Gasteiger partial charge in [0.05, 0.1) is 0 Å². The molecule has 0 spiro atoms. The van der Waals surface area contributed by atoms with Crippen molar-refractivity contribution in [1.29, 1.82) is 0 Å². The van der Waals surface area contributed by atoms with Gasteiger partial charge in [0, 0.05) is 19.2 Å². The Bertz CT molecular complexity index is 482. The van der Waals surface area contributed by atoms with Crippen LogP contribution >= 0.6 is 0 Å². The smallest absolute Gasteiger partial charge is 0.246 e. The van der Waals surface area contributed by atoms with E-state index in [-0.39, 0.29) is 5.91 Å². The van der Waals surface area contributed by atoms with Gasteiger partial charge in [-0.2, -0.15) is 0 Å². The first-order valence-electron chi connectivity index (χ1n) is 6.72. The molecule has 0 bridgehead atoms. The molecule has 2 heteroatoms. The molecule has 1 heterocycles. The SMILES string of the molecule is Cc1ccc(C2(CCN3CC=CC3=O)CC2)cc1. The number of carbonyl (C=O) groups excluding carboxylic acids is 1. The molecule has 1 aliphatic heterocycles. The molecule has 0 unspecified atom stereocenters. The van der Waals surface area contributed by atoms with E-state index in [1.807, 2.05) is 11.0 Å². The van der Waals surface area contributed by atoms with Gasteiger partial charge in [-0.1, -0.05) is 35.9 Å². The van der Waals surface area contributed by atoms with Gasteiger partial charge in [0.15, 0.2) is 0 Å². The fourth-order valence-corrected chi connectivity index (χ4v) is 2.77. The Labute approximate surface area is 108 Å². The van der Waals surface area contributed by atoms with Gasteiger partial charge in [0.2, 0.25) is 5.91 Å². The van der Waals surface area contributed by atoms with E-state index in [0.29, 0.717) is 5.41 Å². The van der Waals surface area contributed by atoms with Crippen LogP contribution in [-0.4, -0.2) is 23.9 Å². The maximum atomic E-state index is 11.5. The Balaban J connectivity index is 1.65. The normalized spacial score (nSPS) is 20.5. The van der Waals surface area contributed by atoms with Gasteiger partial charge in [-0.25, -0.2) is 0 Å². The third kappa shape index (κ3) is 2.07. The van der Waals surface area contributed by atoms with E-state index < -0.39 is 0 Å². The fraction of sp³-hybridized carbons (Fsp3) is 0.438. The number of hydrogen-bond donors (Lipinski definition) is 0. The summed E-state index contributed by atoms with van der Waals surface area (Å²) in [4.78, 5) is 13.5. The second-order valence-corrected chi connectivity index (χ2v) is 5.58. The number of carbonyl (C=O) groups is 1. The van der Waals surface area contributed by atoms with Crippen molar-refractivity contribution < 1.29 is 4.79 Å². The van der Waals surface area contributed by atoms with E-state index in [4.69, 9.17) is 0 Å². The van der Waals surface area contributed by atoms with Gasteiger partial charge in [-0.05, 0) is 37.2 Å². The topological polar surface area (TPSA) is 20.3 Å². The lowest BCUT2D eigenvalue weighted by molar-refractivity contribution is -0.124. The first kappa shape index (κ1) is 11.5. The van der Waals surface area contributed by atoms with Crippen LogP contribution < -0.4 is 0 Å². The molecule has 1 aromatic rings. The predicted molar refractivity (Wildman–Crippen MR) is 72.4 cm³/mol. The Morgan fingerprint density at radius 1 is 1.22 bits per heavy atom. The quantitative estimate of drug-likeness (QED) is 0.793. The average molecular weight is 241 g/mol. The van der Waals surface area contributed by atoms with Crippen LogP contribution in [0.15, 0.2) is 36.4 Å². The lowest BCUT2D eigenvalue weighted by Crippen LogP contribution is -2.29. The Hall–Kier alpha value is -1.57. The zero-order valence-electron chi connectivity index (χ0n) is 10.9. The van der Waals surface area contributed by atoms with Gasteiger partial charge in [0.25, 0.3) is 0 Å². The molecule has 1 fully saturated rings. The van der Waals surface area contributed by atoms with Crippen LogP contribution in [0.1, 0.15) is 30.4 Å². The molecule has 0 saturated heterocycles. The standard InChI is InChI=1S/C16H19NO/c1-13-4-6-14(7-5-13)16(8-9-16)10-12-17-11-2-3-15(17)18/h2-7H,8-12H2,1H3. The van der Waals surface area contributed by atoms with Crippen molar-refractivity contribution in [2.45, 2.75) is 31.6 Å². The summed E-state index contributed by atoms with van der Waals surface area (Å²) in [6.45, 7) is 3.81. The molecular formula is C16H19NO. The minimum Gasteiger partial charge on any atom is -0.335 e. The first-order chi connectivity index (χ1) is 8.70. The second-order valence-electron chi connectivity index (χ2n) is 5.58. The zero-order chi connectivity index (χ0) is 12.6. The average Bonchev–Trinajstić information content (AvgIpc) is 3.05. The van der Waals surface area contributed by atoms with Gasteiger partial charge in [-0.15, -0.1) is 0 Å². The van der Waals surface area contributed by atoms with Crippen molar-refractivity contribution in [3.05, 3.63) is 47.5 Å². The van der Waals surface area contributed by atoms with Crippen molar-refractivity contribution >= 4 is 5.91 Å². The van der Waals surface area contributed by atoms with E-state index in [1.54, 1.807) is 6.08 Å². The maximum Gasteiger partial charge on any atom is 0.246 e.